The topological polar surface area (TPSA) is 75.3 Å². The molecular weight excluding hydrogens is 287 g/mol. The van der Waals surface area contributed by atoms with Gasteiger partial charge in [0, 0.05) is 4.47 Å². The fourth-order valence-corrected chi connectivity index (χ4v) is 1.56. The van der Waals surface area contributed by atoms with Crippen molar-refractivity contribution < 1.29 is 14.3 Å². The highest BCUT2D eigenvalue weighted by atomic mass is 79.9. The van der Waals surface area contributed by atoms with Crippen molar-refractivity contribution in [2.45, 2.75) is 0 Å². The molecule has 0 saturated heterocycles. The minimum absolute atomic E-state index is 0.0272. The fraction of sp³-hybridized carbons (Fsp3) is 0. The number of hydrogen-bond donors (Lipinski definition) is 3. The van der Waals surface area contributed by atoms with Crippen LogP contribution in [0.25, 0.3) is 0 Å². The Morgan fingerprint density at radius 1 is 1.60 bits per heavy atom. The summed E-state index contributed by atoms with van der Waals surface area (Å²) in [4.78, 5) is 10.6. The third kappa shape index (κ3) is 2.87. The summed E-state index contributed by atoms with van der Waals surface area (Å²) >= 11 is 7.53. The van der Waals surface area contributed by atoms with E-state index in [4.69, 9.17) is 10.8 Å². The predicted molar refractivity (Wildman–Crippen MR) is 61.5 cm³/mol. The molecule has 0 spiro atoms. The van der Waals surface area contributed by atoms with Gasteiger partial charge in [0.2, 0.25) is 0 Å². The monoisotopic (exact) mass is 292 g/mol. The van der Waals surface area contributed by atoms with E-state index in [1.54, 1.807) is 0 Å². The lowest BCUT2D eigenvalue weighted by atomic mass is 10.2. The van der Waals surface area contributed by atoms with Crippen LogP contribution in [0.1, 0.15) is 10.4 Å². The van der Waals surface area contributed by atoms with E-state index in [1.807, 2.05) is 0 Å². The Kier molecular flexibility index (Phi) is 3.59. The van der Waals surface area contributed by atoms with Crippen molar-refractivity contribution in [1.29, 1.82) is 0 Å². The van der Waals surface area contributed by atoms with E-state index in [1.165, 1.54) is 6.07 Å². The largest absolute Gasteiger partial charge is 0.478 e. The van der Waals surface area contributed by atoms with Gasteiger partial charge in [0.15, 0.2) is 5.11 Å². The van der Waals surface area contributed by atoms with Gasteiger partial charge < -0.3 is 16.2 Å². The van der Waals surface area contributed by atoms with Crippen molar-refractivity contribution >= 4 is 44.9 Å². The smallest absolute Gasteiger partial charge is 0.336 e. The Morgan fingerprint density at radius 2 is 2.20 bits per heavy atom. The molecule has 15 heavy (non-hydrogen) atoms. The zero-order valence-electron chi connectivity index (χ0n) is 7.25. The first-order valence-corrected chi connectivity index (χ1v) is 4.90. The van der Waals surface area contributed by atoms with E-state index in [0.29, 0.717) is 0 Å². The maximum absolute atomic E-state index is 13.3. The summed E-state index contributed by atoms with van der Waals surface area (Å²) in [6.45, 7) is 0. The molecule has 0 unspecified atom stereocenters. The number of rotatable bonds is 2. The van der Waals surface area contributed by atoms with Gasteiger partial charge in [-0.15, -0.1) is 0 Å². The van der Waals surface area contributed by atoms with Gasteiger partial charge in [0.25, 0.3) is 0 Å². The zero-order valence-corrected chi connectivity index (χ0v) is 9.65. The van der Waals surface area contributed by atoms with Crippen LogP contribution in [0.4, 0.5) is 10.1 Å². The third-order valence-electron chi connectivity index (χ3n) is 1.55. The first-order chi connectivity index (χ1) is 6.91. The maximum Gasteiger partial charge on any atom is 0.336 e. The molecule has 0 heterocycles. The van der Waals surface area contributed by atoms with Gasteiger partial charge in [0.05, 0.1) is 11.3 Å². The average Bonchev–Trinajstić information content (AvgIpc) is 2.09. The summed E-state index contributed by atoms with van der Waals surface area (Å²) in [6.07, 6.45) is 0. The Labute approximate surface area is 98.4 Å². The molecule has 7 heteroatoms. The normalized spacial score (nSPS) is 9.73. The number of carbonyl (C=O) groups is 1. The standard InChI is InChI=1S/C8H6BrFN2O2S/c9-4-2-6(12-8(11)15)5(10)1-3(4)7(13)14/h1-2H,(H,13,14)(H3,11,12,15). The van der Waals surface area contributed by atoms with E-state index in [9.17, 15) is 9.18 Å². The summed E-state index contributed by atoms with van der Waals surface area (Å²) in [5.74, 6) is -1.95. The molecule has 1 aromatic rings. The number of carboxylic acids is 1. The fourth-order valence-electron chi connectivity index (χ4n) is 0.939. The SMILES string of the molecule is NC(=S)Nc1cc(Br)c(C(=O)O)cc1F. The van der Waals surface area contributed by atoms with E-state index < -0.39 is 11.8 Å². The number of nitrogens with two attached hydrogens (primary N) is 1. The summed E-state index contributed by atoms with van der Waals surface area (Å²) in [7, 11) is 0. The molecule has 0 aromatic heterocycles. The maximum atomic E-state index is 13.3. The van der Waals surface area contributed by atoms with Crippen LogP contribution < -0.4 is 11.1 Å². The lowest BCUT2D eigenvalue weighted by molar-refractivity contribution is 0.0695. The van der Waals surface area contributed by atoms with Crippen LogP contribution in [-0.2, 0) is 0 Å². The number of aromatic carboxylic acids is 1. The molecule has 0 aliphatic heterocycles. The average molecular weight is 293 g/mol. The Morgan fingerprint density at radius 3 is 2.67 bits per heavy atom. The Balaban J connectivity index is 3.19. The highest BCUT2D eigenvalue weighted by molar-refractivity contribution is 9.10. The molecule has 0 radical (unpaired) electrons. The van der Waals surface area contributed by atoms with Crippen molar-refractivity contribution in [3.05, 3.63) is 28.0 Å². The second-order valence-electron chi connectivity index (χ2n) is 2.61. The zero-order chi connectivity index (χ0) is 11.6. The van der Waals surface area contributed by atoms with Gasteiger partial charge in [-0.25, -0.2) is 9.18 Å². The van der Waals surface area contributed by atoms with Crippen molar-refractivity contribution in [3.63, 3.8) is 0 Å². The van der Waals surface area contributed by atoms with Crippen LogP contribution in [0.2, 0.25) is 0 Å². The van der Waals surface area contributed by atoms with Crippen molar-refractivity contribution in [2.24, 2.45) is 5.73 Å². The number of hydrogen-bond acceptors (Lipinski definition) is 2. The number of anilines is 1. The minimum Gasteiger partial charge on any atom is -0.478 e. The lowest BCUT2D eigenvalue weighted by Crippen LogP contribution is -2.20. The number of halogens is 2. The van der Waals surface area contributed by atoms with Crippen LogP contribution in [0.3, 0.4) is 0 Å². The number of benzene rings is 1. The number of carboxylic acid groups (broad SMARTS) is 1. The molecule has 0 bridgehead atoms. The molecule has 0 aliphatic rings. The Hall–Kier alpha value is -1.21. The molecule has 1 rings (SSSR count). The number of nitrogens with one attached hydrogen (secondary N) is 1. The van der Waals surface area contributed by atoms with Crippen molar-refractivity contribution in [3.8, 4) is 0 Å². The Bertz CT molecular complexity index is 439. The molecule has 0 amide bonds. The quantitative estimate of drug-likeness (QED) is 0.727. The molecular formula is C8H6BrFN2O2S. The summed E-state index contributed by atoms with van der Waals surface area (Å²) < 4.78 is 13.5. The van der Waals surface area contributed by atoms with Crippen molar-refractivity contribution in [2.75, 3.05) is 5.32 Å². The summed E-state index contributed by atoms with van der Waals surface area (Å²) in [5, 5.41) is 11.0. The second kappa shape index (κ2) is 4.54. The number of thiocarbonyl (C=S) groups is 1. The molecule has 0 saturated carbocycles. The molecule has 4 nitrogen and oxygen atoms in total. The molecule has 1 aromatic carbocycles. The van der Waals surface area contributed by atoms with Gasteiger partial charge in [0.1, 0.15) is 5.82 Å². The van der Waals surface area contributed by atoms with Crippen LogP contribution in [0.15, 0.2) is 16.6 Å². The van der Waals surface area contributed by atoms with Crippen LogP contribution in [0, 0.1) is 5.82 Å². The second-order valence-corrected chi connectivity index (χ2v) is 3.90. The summed E-state index contributed by atoms with van der Waals surface area (Å²) in [5.41, 5.74) is 5.02. The molecule has 4 N–H and O–H groups in total. The van der Waals surface area contributed by atoms with Gasteiger partial charge in [-0.05, 0) is 40.3 Å². The van der Waals surface area contributed by atoms with E-state index in [-0.39, 0.29) is 20.8 Å². The molecule has 0 fully saturated rings. The van der Waals surface area contributed by atoms with Crippen LogP contribution in [0.5, 0.6) is 0 Å². The predicted octanol–water partition coefficient (Wildman–Crippen LogP) is 1.94. The van der Waals surface area contributed by atoms with Gasteiger partial charge in [-0.2, -0.15) is 0 Å². The minimum atomic E-state index is -1.22. The van der Waals surface area contributed by atoms with E-state index in [0.717, 1.165) is 6.07 Å². The van der Waals surface area contributed by atoms with Gasteiger partial charge in [-0.1, -0.05) is 0 Å². The third-order valence-corrected chi connectivity index (χ3v) is 2.30. The van der Waals surface area contributed by atoms with Crippen LogP contribution in [-0.4, -0.2) is 16.2 Å². The highest BCUT2D eigenvalue weighted by Crippen LogP contribution is 2.24. The highest BCUT2D eigenvalue weighted by Gasteiger charge is 2.13. The van der Waals surface area contributed by atoms with Gasteiger partial charge in [-0.3, -0.25) is 0 Å². The lowest BCUT2D eigenvalue weighted by Gasteiger charge is -2.07. The first-order valence-electron chi connectivity index (χ1n) is 3.70. The molecule has 0 aliphatic carbocycles. The first kappa shape index (κ1) is 11.9. The van der Waals surface area contributed by atoms with E-state index in [2.05, 4.69) is 33.5 Å². The van der Waals surface area contributed by atoms with Gasteiger partial charge >= 0.3 is 5.97 Å². The molecule has 0 atom stereocenters. The summed E-state index contributed by atoms with van der Waals surface area (Å²) in [6, 6.07) is 2.14. The van der Waals surface area contributed by atoms with Crippen molar-refractivity contribution in [1.82, 2.24) is 0 Å². The van der Waals surface area contributed by atoms with E-state index >= 15 is 0 Å². The molecule has 80 valence electrons. The van der Waals surface area contributed by atoms with Crippen LogP contribution >= 0.6 is 28.1 Å².